The molecule has 0 fully saturated rings. The Morgan fingerprint density at radius 2 is 0.750 bits per heavy atom. The molecule has 0 aliphatic carbocycles. The van der Waals surface area contributed by atoms with Crippen LogP contribution in [0.5, 0.6) is 0 Å². The van der Waals surface area contributed by atoms with E-state index in [4.69, 9.17) is 0 Å². The van der Waals surface area contributed by atoms with Crippen molar-refractivity contribution in [3.8, 4) is 0 Å². The van der Waals surface area contributed by atoms with Gasteiger partial charge in [-0.2, -0.15) is 0 Å². The maximum absolute atomic E-state index is 4.18. The van der Waals surface area contributed by atoms with Gasteiger partial charge in [0.15, 0.2) is 0 Å². The maximum Gasteiger partial charge on any atom is -0.0414 e. The Kier molecular flexibility index (Phi) is 21.0. The van der Waals surface area contributed by atoms with Crippen molar-refractivity contribution in [2.45, 2.75) is 142 Å². The van der Waals surface area contributed by atoms with Gasteiger partial charge in [-0.1, -0.05) is 149 Å². The van der Waals surface area contributed by atoms with Crippen LogP contribution < -0.4 is 0 Å². The van der Waals surface area contributed by atoms with E-state index in [0.717, 1.165) is 12.3 Å². The van der Waals surface area contributed by atoms with Crippen molar-refractivity contribution in [2.75, 3.05) is 0 Å². The lowest BCUT2D eigenvalue weighted by molar-refractivity contribution is 0.404. The molecule has 24 heavy (non-hydrogen) atoms. The first kappa shape index (κ1) is 24.0. The molecule has 0 saturated heterocycles. The molecule has 0 bridgehead atoms. The molecule has 0 aliphatic rings. The van der Waals surface area contributed by atoms with Gasteiger partial charge in [0, 0.05) is 0 Å². The molecule has 0 amide bonds. The van der Waals surface area contributed by atoms with Gasteiger partial charge in [-0.3, -0.25) is 0 Å². The Hall–Kier alpha value is 0. The fourth-order valence-electron chi connectivity index (χ4n) is 3.74. The third-order valence-electron chi connectivity index (χ3n) is 5.59. The van der Waals surface area contributed by atoms with E-state index < -0.39 is 0 Å². The quantitative estimate of drug-likeness (QED) is 0.194. The predicted molar refractivity (Wildman–Crippen MR) is 113 cm³/mol. The monoisotopic (exact) mass is 337 g/mol. The molecular formula is C24H49. The third-order valence-corrected chi connectivity index (χ3v) is 5.59. The molecule has 0 rings (SSSR count). The summed E-state index contributed by atoms with van der Waals surface area (Å²) in [5, 5.41) is 0. The van der Waals surface area contributed by atoms with Crippen LogP contribution in [0, 0.1) is 12.8 Å². The van der Waals surface area contributed by atoms with Gasteiger partial charge in [0.05, 0.1) is 0 Å². The summed E-state index contributed by atoms with van der Waals surface area (Å²) in [4.78, 5) is 0. The molecular weight excluding hydrogens is 288 g/mol. The van der Waals surface area contributed by atoms with E-state index in [-0.39, 0.29) is 0 Å². The Bertz CT molecular complexity index is 208. The van der Waals surface area contributed by atoms with E-state index in [1.165, 1.54) is 122 Å². The highest BCUT2D eigenvalue weighted by Gasteiger charge is 2.05. The highest BCUT2D eigenvalue weighted by atomic mass is 14.1. The molecule has 0 heterocycles. The molecule has 0 aliphatic heterocycles. The molecule has 1 unspecified atom stereocenters. The standard InChI is InChI=1S/C24H49/c1-4-7-9-11-13-14-15-16-17-19-21-23-24(6-3)22-20-18-12-10-8-5-2/h24H,3-23H2,1-2H3. The summed E-state index contributed by atoms with van der Waals surface area (Å²) < 4.78 is 0. The van der Waals surface area contributed by atoms with E-state index in [2.05, 4.69) is 20.8 Å². The van der Waals surface area contributed by atoms with Crippen LogP contribution in [-0.4, -0.2) is 0 Å². The molecule has 0 heteroatoms. The molecule has 145 valence electrons. The van der Waals surface area contributed by atoms with E-state index in [9.17, 15) is 0 Å². The summed E-state index contributed by atoms with van der Waals surface area (Å²) in [7, 11) is 0. The van der Waals surface area contributed by atoms with Gasteiger partial charge in [0.1, 0.15) is 0 Å². The smallest absolute Gasteiger partial charge is 0.0414 e. The second-order valence-electron chi connectivity index (χ2n) is 8.04. The van der Waals surface area contributed by atoms with E-state index >= 15 is 0 Å². The van der Waals surface area contributed by atoms with Crippen molar-refractivity contribution < 1.29 is 0 Å². The van der Waals surface area contributed by atoms with Gasteiger partial charge in [0.2, 0.25) is 0 Å². The van der Waals surface area contributed by atoms with Crippen LogP contribution in [0.15, 0.2) is 0 Å². The van der Waals surface area contributed by atoms with Gasteiger partial charge < -0.3 is 0 Å². The summed E-state index contributed by atoms with van der Waals surface area (Å²) in [6.45, 7) is 8.78. The van der Waals surface area contributed by atoms with Crippen LogP contribution in [0.3, 0.4) is 0 Å². The van der Waals surface area contributed by atoms with E-state index in [1.807, 2.05) is 0 Å². The number of rotatable bonds is 20. The van der Waals surface area contributed by atoms with Gasteiger partial charge in [0.25, 0.3) is 0 Å². The Morgan fingerprint density at radius 1 is 0.458 bits per heavy atom. The molecule has 0 nitrogen and oxygen atoms in total. The summed E-state index contributed by atoms with van der Waals surface area (Å²) >= 11 is 0. The molecule has 0 aromatic heterocycles. The lowest BCUT2D eigenvalue weighted by Crippen LogP contribution is -1.99. The first-order valence-electron chi connectivity index (χ1n) is 11.6. The second kappa shape index (κ2) is 21.0. The van der Waals surface area contributed by atoms with E-state index in [0.29, 0.717) is 0 Å². The molecule has 0 aromatic carbocycles. The van der Waals surface area contributed by atoms with E-state index in [1.54, 1.807) is 0 Å². The number of unbranched alkanes of at least 4 members (excludes halogenated alkanes) is 15. The minimum Gasteiger partial charge on any atom is -0.0654 e. The van der Waals surface area contributed by atoms with Gasteiger partial charge in [-0.25, -0.2) is 0 Å². The van der Waals surface area contributed by atoms with Gasteiger partial charge in [-0.05, 0) is 5.92 Å². The molecule has 0 N–H and O–H groups in total. The highest BCUT2D eigenvalue weighted by Crippen LogP contribution is 2.21. The van der Waals surface area contributed by atoms with Crippen molar-refractivity contribution >= 4 is 0 Å². The summed E-state index contributed by atoms with van der Waals surface area (Å²) in [5.74, 6) is 0.912. The van der Waals surface area contributed by atoms with Crippen LogP contribution in [0.25, 0.3) is 0 Å². The SMILES string of the molecule is [CH2]CC(CCCCCCCC)CCCCCCCCCCCCC. The zero-order chi connectivity index (χ0) is 17.7. The average Bonchev–Trinajstić information content (AvgIpc) is 2.60. The van der Waals surface area contributed by atoms with Crippen LogP contribution in [0.2, 0.25) is 0 Å². The summed E-state index contributed by atoms with van der Waals surface area (Å²) in [6.07, 6.45) is 28.6. The molecule has 1 atom stereocenters. The Morgan fingerprint density at radius 3 is 1.04 bits per heavy atom. The highest BCUT2D eigenvalue weighted by molar-refractivity contribution is 4.62. The zero-order valence-electron chi connectivity index (χ0n) is 17.4. The summed E-state index contributed by atoms with van der Waals surface area (Å²) in [6, 6.07) is 0. The topological polar surface area (TPSA) is 0 Å². The van der Waals surface area contributed by atoms with Crippen molar-refractivity contribution in [1.29, 1.82) is 0 Å². The summed E-state index contributed by atoms with van der Waals surface area (Å²) in [5.41, 5.74) is 0. The third kappa shape index (κ3) is 18.3. The number of hydrogen-bond acceptors (Lipinski definition) is 0. The molecule has 0 spiro atoms. The second-order valence-corrected chi connectivity index (χ2v) is 8.04. The molecule has 0 saturated carbocycles. The maximum atomic E-state index is 4.18. The van der Waals surface area contributed by atoms with Crippen molar-refractivity contribution in [3.63, 3.8) is 0 Å². The largest absolute Gasteiger partial charge is 0.0654 e. The Balaban J connectivity index is 3.25. The fraction of sp³-hybridized carbons (Fsp3) is 0.958. The van der Waals surface area contributed by atoms with Gasteiger partial charge >= 0.3 is 0 Å². The van der Waals surface area contributed by atoms with Crippen molar-refractivity contribution in [3.05, 3.63) is 6.92 Å². The lowest BCUT2D eigenvalue weighted by atomic mass is 9.92. The Labute approximate surface area is 155 Å². The first-order chi connectivity index (χ1) is 11.8. The first-order valence-corrected chi connectivity index (χ1v) is 11.6. The average molecular weight is 338 g/mol. The van der Waals surface area contributed by atoms with Crippen LogP contribution in [-0.2, 0) is 0 Å². The molecule has 0 aromatic rings. The van der Waals surface area contributed by atoms with Gasteiger partial charge in [-0.15, -0.1) is 0 Å². The normalized spacial score (nSPS) is 12.6. The fourth-order valence-corrected chi connectivity index (χ4v) is 3.74. The minimum atomic E-state index is 0.912. The predicted octanol–water partition coefficient (Wildman–Crippen LogP) is 9.28. The van der Waals surface area contributed by atoms with Crippen LogP contribution in [0.4, 0.5) is 0 Å². The zero-order valence-corrected chi connectivity index (χ0v) is 17.4. The number of hydrogen-bond donors (Lipinski definition) is 0. The van der Waals surface area contributed by atoms with Crippen molar-refractivity contribution in [1.82, 2.24) is 0 Å². The minimum absolute atomic E-state index is 0.912. The van der Waals surface area contributed by atoms with Crippen LogP contribution in [0.1, 0.15) is 142 Å². The van der Waals surface area contributed by atoms with Crippen LogP contribution >= 0.6 is 0 Å². The van der Waals surface area contributed by atoms with Crippen molar-refractivity contribution in [2.24, 2.45) is 5.92 Å². The lowest BCUT2D eigenvalue weighted by Gasteiger charge is -2.14. The molecule has 1 radical (unpaired) electrons.